The lowest BCUT2D eigenvalue weighted by Crippen LogP contribution is -2.08. The molecule has 0 aliphatic carbocycles. The van der Waals surface area contributed by atoms with Gasteiger partial charge in [-0.1, -0.05) is 42.5 Å². The van der Waals surface area contributed by atoms with Crippen molar-refractivity contribution in [3.63, 3.8) is 0 Å². The van der Waals surface area contributed by atoms with E-state index in [-0.39, 0.29) is 5.91 Å². The van der Waals surface area contributed by atoms with E-state index in [1.54, 1.807) is 37.4 Å². The van der Waals surface area contributed by atoms with Crippen molar-refractivity contribution in [2.45, 2.75) is 13.5 Å². The number of ether oxygens (including phenoxy) is 2. The summed E-state index contributed by atoms with van der Waals surface area (Å²) in [6, 6.07) is 29.8. The van der Waals surface area contributed by atoms with Gasteiger partial charge in [-0.2, -0.15) is 0 Å². The molecule has 2 N–H and O–H groups in total. The van der Waals surface area contributed by atoms with Crippen LogP contribution >= 0.6 is 0 Å². The first kappa shape index (κ1) is 24.6. The van der Waals surface area contributed by atoms with Gasteiger partial charge in [0, 0.05) is 29.8 Å². The van der Waals surface area contributed by atoms with Gasteiger partial charge in [-0.15, -0.1) is 0 Å². The Balaban J connectivity index is 1.56. The molecular formula is C31H26N2O5. The topological polar surface area (TPSA) is 89.8 Å². The van der Waals surface area contributed by atoms with Gasteiger partial charge in [-0.25, -0.2) is 4.79 Å². The fourth-order valence-electron chi connectivity index (χ4n) is 4.15. The molecule has 0 spiro atoms. The first-order chi connectivity index (χ1) is 18.5. The predicted octanol–water partition coefficient (Wildman–Crippen LogP) is 6.75. The lowest BCUT2D eigenvalue weighted by atomic mass is 10.0. The Hall–Kier alpha value is -5.04. The van der Waals surface area contributed by atoms with Gasteiger partial charge in [0.1, 0.15) is 23.7 Å². The van der Waals surface area contributed by atoms with Crippen LogP contribution in [-0.2, 0) is 11.4 Å². The second-order valence-corrected chi connectivity index (χ2v) is 8.68. The molecule has 0 fully saturated rings. The number of anilines is 3. The number of amides is 1. The number of benzene rings is 4. The molecule has 0 saturated heterocycles. The molecule has 0 unspecified atom stereocenters. The molecule has 0 saturated carbocycles. The quantitative estimate of drug-likeness (QED) is 0.226. The predicted molar refractivity (Wildman–Crippen MR) is 149 cm³/mol. The van der Waals surface area contributed by atoms with E-state index < -0.39 is 5.63 Å². The van der Waals surface area contributed by atoms with Crippen LogP contribution in [0, 0.1) is 0 Å². The molecule has 7 heteroatoms. The molecule has 0 bridgehead atoms. The van der Waals surface area contributed by atoms with E-state index in [9.17, 15) is 9.59 Å². The van der Waals surface area contributed by atoms with E-state index >= 15 is 0 Å². The van der Waals surface area contributed by atoms with Gasteiger partial charge in [0.2, 0.25) is 5.91 Å². The van der Waals surface area contributed by atoms with Gasteiger partial charge in [0.25, 0.3) is 0 Å². The molecule has 7 nitrogen and oxygen atoms in total. The number of fused-ring (bicyclic) bond motifs is 1. The van der Waals surface area contributed by atoms with E-state index in [1.165, 1.54) is 6.92 Å². The minimum atomic E-state index is -0.486. The van der Waals surface area contributed by atoms with Crippen LogP contribution < -0.4 is 25.7 Å². The van der Waals surface area contributed by atoms with Crippen molar-refractivity contribution in [1.29, 1.82) is 0 Å². The molecule has 0 aliphatic rings. The summed E-state index contributed by atoms with van der Waals surface area (Å²) < 4.78 is 17.0. The van der Waals surface area contributed by atoms with Crippen molar-refractivity contribution in [2.75, 3.05) is 17.7 Å². The number of rotatable bonds is 8. The van der Waals surface area contributed by atoms with E-state index in [2.05, 4.69) is 10.6 Å². The monoisotopic (exact) mass is 506 g/mol. The zero-order valence-electron chi connectivity index (χ0n) is 21.0. The third-order valence-corrected chi connectivity index (χ3v) is 5.98. The Morgan fingerprint density at radius 2 is 1.53 bits per heavy atom. The second-order valence-electron chi connectivity index (χ2n) is 8.68. The zero-order chi connectivity index (χ0) is 26.5. The summed E-state index contributed by atoms with van der Waals surface area (Å²) in [5.74, 6) is 1.12. The van der Waals surface area contributed by atoms with Crippen LogP contribution in [0.3, 0.4) is 0 Å². The average Bonchev–Trinajstić information content (AvgIpc) is 2.93. The molecule has 1 amide bonds. The van der Waals surface area contributed by atoms with Gasteiger partial charge in [-0.3, -0.25) is 4.79 Å². The second kappa shape index (κ2) is 10.9. The Kier molecular flexibility index (Phi) is 7.08. The number of methoxy groups -OCH3 is 1. The van der Waals surface area contributed by atoms with Crippen LogP contribution in [0.25, 0.3) is 22.1 Å². The minimum Gasteiger partial charge on any atom is -0.497 e. The SMILES string of the molecule is COc1ccc(-c2c(Nc3ccc(NC(C)=O)cc3)c3ccc(OCc4ccccc4)cc3oc2=O)cc1. The highest BCUT2D eigenvalue weighted by molar-refractivity contribution is 6.00. The number of hydrogen-bond donors (Lipinski definition) is 2. The standard InChI is InChI=1S/C31H26N2O5/c1-20(34)32-23-10-12-24(13-11-23)33-30-27-17-16-26(37-19-21-6-4-3-5-7-21)18-28(27)38-31(35)29(30)22-8-14-25(36-2)15-9-22/h3-18,33H,19H2,1-2H3,(H,32,34). The Labute approximate surface area is 219 Å². The summed E-state index contributed by atoms with van der Waals surface area (Å²) in [4.78, 5) is 24.7. The van der Waals surface area contributed by atoms with Crippen molar-refractivity contribution < 1.29 is 18.7 Å². The van der Waals surface area contributed by atoms with E-state index in [0.717, 1.165) is 11.3 Å². The normalized spacial score (nSPS) is 10.7. The van der Waals surface area contributed by atoms with Crippen LogP contribution in [0.4, 0.5) is 17.1 Å². The maximum absolute atomic E-state index is 13.3. The molecule has 5 aromatic rings. The largest absolute Gasteiger partial charge is 0.497 e. The number of nitrogens with one attached hydrogen (secondary N) is 2. The molecule has 190 valence electrons. The highest BCUT2D eigenvalue weighted by Gasteiger charge is 2.18. The van der Waals surface area contributed by atoms with Crippen molar-refractivity contribution in [1.82, 2.24) is 0 Å². The maximum Gasteiger partial charge on any atom is 0.346 e. The van der Waals surface area contributed by atoms with Crippen LogP contribution in [0.5, 0.6) is 11.5 Å². The van der Waals surface area contributed by atoms with Gasteiger partial charge in [0.15, 0.2) is 0 Å². The van der Waals surface area contributed by atoms with E-state index in [4.69, 9.17) is 13.9 Å². The molecular weight excluding hydrogens is 480 g/mol. The van der Waals surface area contributed by atoms with Crippen LogP contribution in [0.15, 0.2) is 106 Å². The van der Waals surface area contributed by atoms with E-state index in [1.807, 2.05) is 66.7 Å². The minimum absolute atomic E-state index is 0.149. The third kappa shape index (κ3) is 5.52. The molecule has 0 radical (unpaired) electrons. The van der Waals surface area contributed by atoms with Gasteiger partial charge >= 0.3 is 5.63 Å². The first-order valence-electron chi connectivity index (χ1n) is 12.1. The summed E-state index contributed by atoms with van der Waals surface area (Å²) in [5, 5.41) is 6.87. The molecule has 1 aromatic heterocycles. The summed E-state index contributed by atoms with van der Waals surface area (Å²) >= 11 is 0. The molecule has 1 heterocycles. The van der Waals surface area contributed by atoms with Gasteiger partial charge < -0.3 is 24.5 Å². The summed E-state index contributed by atoms with van der Waals surface area (Å²) in [6.07, 6.45) is 0. The Morgan fingerprint density at radius 3 is 2.21 bits per heavy atom. The fourth-order valence-corrected chi connectivity index (χ4v) is 4.15. The molecule has 0 atom stereocenters. The fraction of sp³-hybridized carbons (Fsp3) is 0.0968. The summed E-state index contributed by atoms with van der Waals surface area (Å²) in [5.41, 5.74) is 4.04. The molecule has 0 aliphatic heterocycles. The van der Waals surface area contributed by atoms with Crippen LogP contribution in [0.2, 0.25) is 0 Å². The molecule has 4 aromatic carbocycles. The molecule has 5 rings (SSSR count). The van der Waals surface area contributed by atoms with Crippen LogP contribution in [-0.4, -0.2) is 13.0 Å². The average molecular weight is 507 g/mol. The van der Waals surface area contributed by atoms with Crippen LogP contribution in [0.1, 0.15) is 12.5 Å². The third-order valence-electron chi connectivity index (χ3n) is 5.98. The zero-order valence-corrected chi connectivity index (χ0v) is 21.0. The number of carbonyl (C=O) groups excluding carboxylic acids is 1. The van der Waals surface area contributed by atoms with Crippen molar-refractivity contribution in [3.05, 3.63) is 113 Å². The van der Waals surface area contributed by atoms with Gasteiger partial charge in [-0.05, 0) is 59.7 Å². The summed E-state index contributed by atoms with van der Waals surface area (Å²) in [6.45, 7) is 1.85. The molecule has 38 heavy (non-hydrogen) atoms. The Morgan fingerprint density at radius 1 is 0.842 bits per heavy atom. The van der Waals surface area contributed by atoms with E-state index in [0.29, 0.717) is 51.6 Å². The lowest BCUT2D eigenvalue weighted by Gasteiger charge is -2.16. The lowest BCUT2D eigenvalue weighted by molar-refractivity contribution is -0.114. The van der Waals surface area contributed by atoms with Crippen molar-refractivity contribution >= 4 is 33.9 Å². The smallest absolute Gasteiger partial charge is 0.346 e. The maximum atomic E-state index is 13.3. The van der Waals surface area contributed by atoms with Crippen molar-refractivity contribution in [3.8, 4) is 22.6 Å². The van der Waals surface area contributed by atoms with Gasteiger partial charge in [0.05, 0.1) is 18.4 Å². The number of hydrogen-bond acceptors (Lipinski definition) is 6. The number of carbonyl (C=O) groups is 1. The highest BCUT2D eigenvalue weighted by atomic mass is 16.5. The Bertz CT molecular complexity index is 1630. The summed E-state index contributed by atoms with van der Waals surface area (Å²) in [7, 11) is 1.59. The first-order valence-corrected chi connectivity index (χ1v) is 12.1. The highest BCUT2D eigenvalue weighted by Crippen LogP contribution is 2.36. The van der Waals surface area contributed by atoms with Crippen molar-refractivity contribution in [2.24, 2.45) is 0 Å².